The number of β-amino-alcohol motifs (C(OH)–C–C–N with tert-alkyl or cyclic N) is 1. The number of carbonyl (C=O) groups excluding carboxylic acids is 2. The number of nitriles is 1. The number of ether oxygens (including phenoxy) is 2. The van der Waals surface area contributed by atoms with Gasteiger partial charge in [0.25, 0.3) is 5.91 Å². The Bertz CT molecular complexity index is 1660. The van der Waals surface area contributed by atoms with Gasteiger partial charge < -0.3 is 24.4 Å². The minimum atomic E-state index is -1.34. The molecule has 6 rings (SSSR count). The number of aliphatic hydroxyl groups excluding tert-OH is 1. The van der Waals surface area contributed by atoms with E-state index in [-0.39, 0.29) is 30.7 Å². The van der Waals surface area contributed by atoms with Crippen LogP contribution in [0.4, 0.5) is 10.5 Å². The van der Waals surface area contributed by atoms with Crippen molar-refractivity contribution in [1.29, 1.82) is 5.26 Å². The molecule has 1 aliphatic heterocycles. The molecule has 48 heavy (non-hydrogen) atoms. The lowest BCUT2D eigenvalue weighted by atomic mass is 9.70. The van der Waals surface area contributed by atoms with E-state index in [1.54, 1.807) is 6.07 Å². The van der Waals surface area contributed by atoms with Gasteiger partial charge in [0.1, 0.15) is 6.07 Å². The normalized spacial score (nSPS) is 18.9. The highest BCUT2D eigenvalue weighted by Gasteiger charge is 2.50. The van der Waals surface area contributed by atoms with Gasteiger partial charge in [0.15, 0.2) is 17.0 Å². The van der Waals surface area contributed by atoms with Crippen molar-refractivity contribution in [1.82, 2.24) is 19.7 Å². The van der Waals surface area contributed by atoms with Crippen LogP contribution in [0.25, 0.3) is 11.1 Å². The Hall–Kier alpha value is -4.43. The van der Waals surface area contributed by atoms with E-state index in [2.05, 4.69) is 25.0 Å². The number of benzene rings is 1. The van der Waals surface area contributed by atoms with Crippen molar-refractivity contribution in [3.8, 4) is 22.9 Å². The van der Waals surface area contributed by atoms with Crippen LogP contribution in [0.2, 0.25) is 0 Å². The quantitative estimate of drug-likeness (QED) is 0.290. The standard InChI is InChI=1S/C37H46N6O5/c1-26(2)43-22-28(21-39-43)27-11-10-12-29(19-27)42(34(45)37(17-8-5-9-18-37)48-35(46)41-23-30(44)24-41)25-36(15-6-4-7-16-36)33-14-13-32(47-3)31(20-38)40-33/h10-14,19,21-22,26,30,44H,4-9,15-18,23-25H2,1-3H3. The smallest absolute Gasteiger partial charge is 0.411 e. The molecule has 3 heterocycles. The molecule has 0 bridgehead atoms. The summed E-state index contributed by atoms with van der Waals surface area (Å²) in [6, 6.07) is 14.0. The second-order valence-corrected chi connectivity index (χ2v) is 13.9. The molecule has 3 fully saturated rings. The van der Waals surface area contributed by atoms with Gasteiger partial charge in [-0.3, -0.25) is 9.48 Å². The van der Waals surface area contributed by atoms with Crippen molar-refractivity contribution in [2.45, 2.75) is 101 Å². The highest BCUT2D eigenvalue weighted by Crippen LogP contribution is 2.43. The summed E-state index contributed by atoms with van der Waals surface area (Å²) in [6.45, 7) is 4.87. The van der Waals surface area contributed by atoms with E-state index in [0.29, 0.717) is 30.8 Å². The van der Waals surface area contributed by atoms with Crippen molar-refractivity contribution in [3.05, 3.63) is 60.2 Å². The number of aromatic nitrogens is 3. The fourth-order valence-corrected chi connectivity index (χ4v) is 7.48. The molecule has 1 aromatic carbocycles. The Morgan fingerprint density at radius 1 is 1.04 bits per heavy atom. The average Bonchev–Trinajstić information content (AvgIpc) is 3.61. The van der Waals surface area contributed by atoms with Crippen molar-refractivity contribution < 1.29 is 24.2 Å². The van der Waals surface area contributed by atoms with Gasteiger partial charge in [-0.15, -0.1) is 0 Å². The first-order valence-electron chi connectivity index (χ1n) is 17.3. The number of rotatable bonds is 9. The Morgan fingerprint density at radius 2 is 1.75 bits per heavy atom. The van der Waals surface area contributed by atoms with Crippen LogP contribution in [-0.2, 0) is 14.9 Å². The van der Waals surface area contributed by atoms with E-state index in [9.17, 15) is 15.2 Å². The van der Waals surface area contributed by atoms with Crippen LogP contribution in [-0.4, -0.2) is 75.2 Å². The summed E-state index contributed by atoms with van der Waals surface area (Å²) in [6.07, 6.45) is 10.6. The van der Waals surface area contributed by atoms with Gasteiger partial charge in [-0.05, 0) is 82.2 Å². The maximum absolute atomic E-state index is 15.2. The molecule has 0 atom stereocenters. The Labute approximate surface area is 282 Å². The zero-order valence-corrected chi connectivity index (χ0v) is 28.2. The molecular formula is C37H46N6O5. The second-order valence-electron chi connectivity index (χ2n) is 13.9. The van der Waals surface area contributed by atoms with Crippen LogP contribution in [0.5, 0.6) is 5.75 Å². The maximum atomic E-state index is 15.2. The lowest BCUT2D eigenvalue weighted by molar-refractivity contribution is -0.143. The predicted molar refractivity (Wildman–Crippen MR) is 181 cm³/mol. The van der Waals surface area contributed by atoms with Gasteiger partial charge in [-0.2, -0.15) is 10.4 Å². The number of pyridine rings is 1. The molecule has 11 nitrogen and oxygen atoms in total. The van der Waals surface area contributed by atoms with Crippen molar-refractivity contribution in [3.63, 3.8) is 0 Å². The van der Waals surface area contributed by atoms with Gasteiger partial charge in [-0.1, -0.05) is 37.8 Å². The summed E-state index contributed by atoms with van der Waals surface area (Å²) in [5, 5.41) is 24.3. The number of likely N-dealkylation sites (tertiary alicyclic amines) is 1. The fourth-order valence-electron chi connectivity index (χ4n) is 7.48. The maximum Gasteiger partial charge on any atom is 0.411 e. The predicted octanol–water partition coefficient (Wildman–Crippen LogP) is 6.16. The lowest BCUT2D eigenvalue weighted by Crippen LogP contribution is -2.60. The van der Waals surface area contributed by atoms with Gasteiger partial charge >= 0.3 is 6.09 Å². The zero-order valence-electron chi connectivity index (χ0n) is 28.2. The molecule has 2 aliphatic carbocycles. The molecule has 3 aliphatic rings. The lowest BCUT2D eigenvalue weighted by Gasteiger charge is -2.45. The molecule has 11 heteroatoms. The van der Waals surface area contributed by atoms with Crippen LogP contribution in [0, 0.1) is 11.3 Å². The minimum Gasteiger partial charge on any atom is -0.494 e. The third kappa shape index (κ3) is 6.63. The van der Waals surface area contributed by atoms with Gasteiger partial charge in [0.2, 0.25) is 0 Å². The average molecular weight is 655 g/mol. The second kappa shape index (κ2) is 14.0. The first kappa shape index (κ1) is 33.5. The van der Waals surface area contributed by atoms with Crippen LogP contribution < -0.4 is 9.64 Å². The number of nitrogens with zero attached hydrogens (tertiary/aromatic N) is 6. The van der Waals surface area contributed by atoms with Crippen LogP contribution in [0.15, 0.2) is 48.8 Å². The largest absolute Gasteiger partial charge is 0.494 e. The van der Waals surface area contributed by atoms with E-state index >= 15 is 4.79 Å². The molecule has 2 amide bonds. The third-order valence-corrected chi connectivity index (χ3v) is 10.3. The van der Waals surface area contributed by atoms with Gasteiger partial charge in [-0.25, -0.2) is 9.78 Å². The Morgan fingerprint density at radius 3 is 2.38 bits per heavy atom. The summed E-state index contributed by atoms with van der Waals surface area (Å²) < 4.78 is 13.6. The van der Waals surface area contributed by atoms with Crippen LogP contribution in [0.1, 0.15) is 95.5 Å². The Balaban J connectivity index is 1.44. The molecule has 254 valence electrons. The molecule has 2 saturated carbocycles. The summed E-state index contributed by atoms with van der Waals surface area (Å²) >= 11 is 0. The number of hydrogen-bond acceptors (Lipinski definition) is 8. The summed E-state index contributed by atoms with van der Waals surface area (Å²) in [5.41, 5.74) is 1.67. The third-order valence-electron chi connectivity index (χ3n) is 10.3. The van der Waals surface area contributed by atoms with Gasteiger partial charge in [0.05, 0.1) is 38.2 Å². The number of carbonyl (C=O) groups is 2. The van der Waals surface area contributed by atoms with E-state index in [0.717, 1.165) is 68.2 Å². The molecule has 3 aromatic rings. The number of hydrogen-bond donors (Lipinski definition) is 1. The number of amides is 2. The fraction of sp³-hybridized carbons (Fsp3) is 0.541. The number of aliphatic hydroxyl groups is 1. The van der Waals surface area contributed by atoms with E-state index < -0.39 is 23.2 Å². The van der Waals surface area contributed by atoms with Crippen molar-refractivity contribution in [2.24, 2.45) is 0 Å². The Kier molecular flexibility index (Phi) is 9.74. The minimum absolute atomic E-state index is 0.201. The van der Waals surface area contributed by atoms with Gasteiger partial charge in [0, 0.05) is 35.4 Å². The van der Waals surface area contributed by atoms with Crippen LogP contribution >= 0.6 is 0 Å². The molecule has 1 N–H and O–H groups in total. The summed E-state index contributed by atoms with van der Waals surface area (Å²) in [5.74, 6) is 0.171. The van der Waals surface area contributed by atoms with Crippen molar-refractivity contribution >= 4 is 17.7 Å². The number of methoxy groups -OCH3 is 1. The summed E-state index contributed by atoms with van der Waals surface area (Å²) in [7, 11) is 1.53. The van der Waals surface area contributed by atoms with E-state index in [1.165, 1.54) is 12.0 Å². The highest BCUT2D eigenvalue weighted by atomic mass is 16.6. The summed E-state index contributed by atoms with van der Waals surface area (Å²) in [4.78, 5) is 36.7. The first-order valence-corrected chi connectivity index (χ1v) is 17.3. The van der Waals surface area contributed by atoms with E-state index in [4.69, 9.17) is 14.5 Å². The van der Waals surface area contributed by atoms with Crippen molar-refractivity contribution in [2.75, 3.05) is 31.6 Å². The molecule has 0 radical (unpaired) electrons. The number of anilines is 1. The highest BCUT2D eigenvalue weighted by molar-refractivity contribution is 6.01. The zero-order chi connectivity index (χ0) is 33.9. The van der Waals surface area contributed by atoms with Crippen LogP contribution in [0.3, 0.4) is 0 Å². The molecule has 2 aromatic heterocycles. The van der Waals surface area contributed by atoms with E-state index in [1.807, 2.05) is 52.3 Å². The monoisotopic (exact) mass is 654 g/mol. The SMILES string of the molecule is COc1ccc(C2(CN(C(=O)C3(OC(=O)N4CC(O)C4)CCCCC3)c3cccc(-c4cnn(C(C)C)c4)c3)CCCCC2)nc1C#N. The first-order chi connectivity index (χ1) is 23.2. The molecule has 0 spiro atoms. The molecule has 1 saturated heterocycles. The molecule has 0 unspecified atom stereocenters. The molecular weight excluding hydrogens is 608 g/mol. The topological polar surface area (TPSA) is 134 Å².